The maximum Gasteiger partial charge on any atom is 0.101 e. The Morgan fingerprint density at radius 2 is 2.39 bits per heavy atom. The van der Waals surface area contributed by atoms with Gasteiger partial charge in [0, 0.05) is 11.7 Å². The van der Waals surface area contributed by atoms with Gasteiger partial charge in [0.2, 0.25) is 0 Å². The third-order valence-corrected chi connectivity index (χ3v) is 3.84. The molecule has 0 spiro atoms. The molecule has 18 heavy (non-hydrogen) atoms. The predicted molar refractivity (Wildman–Crippen MR) is 74.8 cm³/mol. The Labute approximate surface area is 113 Å². The molecule has 0 amide bonds. The third-order valence-electron chi connectivity index (χ3n) is 3.53. The smallest absolute Gasteiger partial charge is 0.101 e. The Kier molecular flexibility index (Phi) is 4.46. The van der Waals surface area contributed by atoms with E-state index in [-0.39, 0.29) is 0 Å². The number of halogens is 1. The van der Waals surface area contributed by atoms with Crippen LogP contribution in [-0.4, -0.2) is 19.1 Å². The van der Waals surface area contributed by atoms with E-state index in [4.69, 9.17) is 16.9 Å². The Morgan fingerprint density at radius 1 is 1.56 bits per heavy atom. The quantitative estimate of drug-likeness (QED) is 0.881. The molecular weight excluding hydrogens is 246 g/mol. The van der Waals surface area contributed by atoms with Crippen molar-refractivity contribution >= 4 is 17.3 Å². The largest absolute Gasteiger partial charge is 0.382 e. The maximum absolute atomic E-state index is 8.83. The van der Waals surface area contributed by atoms with Gasteiger partial charge in [-0.3, -0.25) is 0 Å². The molecule has 1 fully saturated rings. The normalized spacial score (nSPS) is 21.1. The Balaban J connectivity index is 2.00. The molecule has 1 heterocycles. The molecule has 0 aliphatic carbocycles. The fourth-order valence-electron chi connectivity index (χ4n) is 2.38. The van der Waals surface area contributed by atoms with Gasteiger partial charge in [-0.1, -0.05) is 11.6 Å². The van der Waals surface area contributed by atoms with Gasteiger partial charge in [0.1, 0.15) is 6.07 Å². The highest BCUT2D eigenvalue weighted by atomic mass is 35.5. The first-order valence-electron chi connectivity index (χ1n) is 6.37. The standard InChI is InChI=1S/C14H18ClN3/c1-10(12-3-2-6-17-9-12)18-13-5-4-11(8-16)14(15)7-13/h4-5,7,10,12,17-18H,2-3,6,9H2,1H3. The second kappa shape index (κ2) is 6.08. The van der Waals surface area contributed by atoms with Crippen LogP contribution in [0.5, 0.6) is 0 Å². The van der Waals surface area contributed by atoms with Crippen LogP contribution in [0.2, 0.25) is 5.02 Å². The van der Waals surface area contributed by atoms with Crippen LogP contribution in [-0.2, 0) is 0 Å². The average Bonchev–Trinajstić information content (AvgIpc) is 2.40. The molecule has 1 aliphatic rings. The summed E-state index contributed by atoms with van der Waals surface area (Å²) in [6, 6.07) is 7.97. The monoisotopic (exact) mass is 263 g/mol. The highest BCUT2D eigenvalue weighted by Crippen LogP contribution is 2.23. The molecular formula is C14H18ClN3. The number of hydrogen-bond acceptors (Lipinski definition) is 3. The van der Waals surface area contributed by atoms with E-state index < -0.39 is 0 Å². The molecule has 0 saturated carbocycles. The molecule has 1 aromatic rings. The van der Waals surface area contributed by atoms with E-state index in [1.807, 2.05) is 12.1 Å². The molecule has 0 radical (unpaired) electrons. The number of nitriles is 1. The lowest BCUT2D eigenvalue weighted by molar-refractivity contribution is 0.347. The zero-order valence-electron chi connectivity index (χ0n) is 10.5. The highest BCUT2D eigenvalue weighted by Gasteiger charge is 2.19. The minimum absolute atomic E-state index is 0.404. The van der Waals surface area contributed by atoms with Crippen LogP contribution in [0.15, 0.2) is 18.2 Å². The molecule has 3 nitrogen and oxygen atoms in total. The van der Waals surface area contributed by atoms with Crippen LogP contribution in [0.25, 0.3) is 0 Å². The van der Waals surface area contributed by atoms with Crippen molar-refractivity contribution < 1.29 is 0 Å². The van der Waals surface area contributed by atoms with Gasteiger partial charge in [-0.15, -0.1) is 0 Å². The Morgan fingerprint density at radius 3 is 3.00 bits per heavy atom. The molecule has 2 unspecified atom stereocenters. The van der Waals surface area contributed by atoms with Crippen LogP contribution in [0.1, 0.15) is 25.3 Å². The molecule has 1 aromatic carbocycles. The van der Waals surface area contributed by atoms with Crippen LogP contribution in [0.3, 0.4) is 0 Å². The number of rotatable bonds is 3. The second-order valence-electron chi connectivity index (χ2n) is 4.85. The summed E-state index contributed by atoms with van der Waals surface area (Å²) in [6.45, 7) is 4.40. The van der Waals surface area contributed by atoms with E-state index in [0.717, 1.165) is 18.8 Å². The first-order valence-corrected chi connectivity index (χ1v) is 6.75. The SMILES string of the molecule is CC(Nc1ccc(C#N)c(Cl)c1)C1CCCNC1. The summed E-state index contributed by atoms with van der Waals surface area (Å²) in [6.07, 6.45) is 2.50. The molecule has 0 bridgehead atoms. The summed E-state index contributed by atoms with van der Waals surface area (Å²) in [5.74, 6) is 0.646. The predicted octanol–water partition coefficient (Wildman–Crippen LogP) is 3.01. The van der Waals surface area contributed by atoms with Crippen molar-refractivity contribution in [1.29, 1.82) is 5.26 Å². The molecule has 1 saturated heterocycles. The molecule has 0 aromatic heterocycles. The summed E-state index contributed by atoms with van der Waals surface area (Å²) >= 11 is 6.02. The summed E-state index contributed by atoms with van der Waals surface area (Å²) in [5, 5.41) is 16.2. The van der Waals surface area contributed by atoms with Crippen molar-refractivity contribution in [3.05, 3.63) is 28.8 Å². The third kappa shape index (κ3) is 3.16. The highest BCUT2D eigenvalue weighted by molar-refractivity contribution is 6.32. The molecule has 4 heteroatoms. The zero-order valence-corrected chi connectivity index (χ0v) is 11.3. The van der Waals surface area contributed by atoms with Gasteiger partial charge in [-0.2, -0.15) is 5.26 Å². The molecule has 2 rings (SSSR count). The van der Waals surface area contributed by atoms with Crippen LogP contribution in [0.4, 0.5) is 5.69 Å². The van der Waals surface area contributed by atoms with Gasteiger partial charge in [-0.05, 0) is 57.0 Å². The minimum atomic E-state index is 0.404. The van der Waals surface area contributed by atoms with Crippen LogP contribution >= 0.6 is 11.6 Å². The van der Waals surface area contributed by atoms with Crippen molar-refractivity contribution in [3.63, 3.8) is 0 Å². The lowest BCUT2D eigenvalue weighted by Crippen LogP contribution is -2.38. The van der Waals surface area contributed by atoms with Gasteiger partial charge in [0.15, 0.2) is 0 Å². The average molecular weight is 264 g/mol. The van der Waals surface area contributed by atoms with E-state index in [9.17, 15) is 0 Å². The van der Waals surface area contributed by atoms with E-state index in [2.05, 4.69) is 23.6 Å². The van der Waals surface area contributed by atoms with E-state index >= 15 is 0 Å². The van der Waals surface area contributed by atoms with Crippen molar-refractivity contribution in [2.45, 2.75) is 25.8 Å². The van der Waals surface area contributed by atoms with Gasteiger partial charge >= 0.3 is 0 Å². The Hall–Kier alpha value is -1.24. The summed E-state index contributed by atoms with van der Waals surface area (Å²) in [5.41, 5.74) is 1.51. The lowest BCUT2D eigenvalue weighted by Gasteiger charge is -2.29. The number of anilines is 1. The van der Waals surface area contributed by atoms with Crippen LogP contribution < -0.4 is 10.6 Å². The first kappa shape index (κ1) is 13.2. The van der Waals surface area contributed by atoms with E-state index in [1.54, 1.807) is 6.07 Å². The fourth-order valence-corrected chi connectivity index (χ4v) is 2.60. The van der Waals surface area contributed by atoms with E-state index in [1.165, 1.54) is 12.8 Å². The summed E-state index contributed by atoms with van der Waals surface area (Å²) < 4.78 is 0. The van der Waals surface area contributed by atoms with Crippen molar-refractivity contribution in [3.8, 4) is 6.07 Å². The lowest BCUT2D eigenvalue weighted by atomic mass is 9.92. The van der Waals surface area contributed by atoms with Gasteiger partial charge in [-0.25, -0.2) is 0 Å². The van der Waals surface area contributed by atoms with Gasteiger partial charge < -0.3 is 10.6 Å². The molecule has 2 N–H and O–H groups in total. The number of nitrogens with zero attached hydrogens (tertiary/aromatic N) is 1. The maximum atomic E-state index is 8.83. The number of benzene rings is 1. The second-order valence-corrected chi connectivity index (χ2v) is 5.25. The zero-order chi connectivity index (χ0) is 13.0. The number of hydrogen-bond donors (Lipinski definition) is 2. The fraction of sp³-hybridized carbons (Fsp3) is 0.500. The van der Waals surface area contributed by atoms with Gasteiger partial charge in [0.05, 0.1) is 10.6 Å². The molecule has 1 aliphatic heterocycles. The number of nitrogens with one attached hydrogen (secondary N) is 2. The van der Waals surface area contributed by atoms with Crippen LogP contribution in [0, 0.1) is 17.2 Å². The summed E-state index contributed by atoms with van der Waals surface area (Å²) in [4.78, 5) is 0. The van der Waals surface area contributed by atoms with Crippen molar-refractivity contribution in [2.75, 3.05) is 18.4 Å². The number of piperidine rings is 1. The van der Waals surface area contributed by atoms with Crippen molar-refractivity contribution in [2.24, 2.45) is 5.92 Å². The molecule has 96 valence electrons. The Bertz CT molecular complexity index is 447. The molecule has 2 atom stereocenters. The van der Waals surface area contributed by atoms with Crippen molar-refractivity contribution in [1.82, 2.24) is 5.32 Å². The summed E-state index contributed by atoms with van der Waals surface area (Å²) in [7, 11) is 0. The van der Waals surface area contributed by atoms with E-state index in [0.29, 0.717) is 22.5 Å². The first-order chi connectivity index (χ1) is 8.70. The van der Waals surface area contributed by atoms with Gasteiger partial charge in [0.25, 0.3) is 0 Å². The minimum Gasteiger partial charge on any atom is -0.382 e. The topological polar surface area (TPSA) is 47.9 Å².